The molecule has 120 valence electrons. The van der Waals surface area contributed by atoms with Gasteiger partial charge in [-0.15, -0.1) is 0 Å². The van der Waals surface area contributed by atoms with Crippen molar-refractivity contribution in [2.24, 2.45) is 0 Å². The van der Waals surface area contributed by atoms with Crippen molar-refractivity contribution >= 4 is 17.6 Å². The number of rotatable bonds is 5. The van der Waals surface area contributed by atoms with Gasteiger partial charge in [0, 0.05) is 11.3 Å². The number of hydrogen-bond acceptors (Lipinski definition) is 4. The highest BCUT2D eigenvalue weighted by Crippen LogP contribution is 2.17. The second-order valence-electron chi connectivity index (χ2n) is 5.08. The zero-order chi connectivity index (χ0) is 16.8. The molecule has 23 heavy (non-hydrogen) atoms. The van der Waals surface area contributed by atoms with E-state index in [2.05, 4.69) is 10.1 Å². The average Bonchev–Trinajstić information content (AvgIpc) is 2.56. The van der Waals surface area contributed by atoms with Crippen LogP contribution in [-0.4, -0.2) is 25.1 Å². The minimum absolute atomic E-state index is 0.202. The second kappa shape index (κ2) is 7.45. The molecule has 0 saturated carbocycles. The van der Waals surface area contributed by atoms with Gasteiger partial charge in [-0.3, -0.25) is 4.79 Å². The maximum atomic E-state index is 12.2. The first-order chi connectivity index (χ1) is 11.0. The fourth-order valence-electron chi connectivity index (χ4n) is 2.01. The lowest BCUT2D eigenvalue weighted by Crippen LogP contribution is -2.24. The normalized spacial score (nSPS) is 11.4. The first-order valence-corrected chi connectivity index (χ1v) is 7.23. The van der Waals surface area contributed by atoms with Crippen molar-refractivity contribution in [3.05, 3.63) is 59.7 Å². The first kappa shape index (κ1) is 16.5. The van der Waals surface area contributed by atoms with Crippen molar-refractivity contribution in [3.8, 4) is 5.75 Å². The predicted octanol–water partition coefficient (Wildman–Crippen LogP) is 3.19. The summed E-state index contributed by atoms with van der Waals surface area (Å²) in [7, 11) is 1.31. The Hall–Kier alpha value is -2.82. The highest BCUT2D eigenvalue weighted by atomic mass is 16.6. The van der Waals surface area contributed by atoms with Gasteiger partial charge >= 0.3 is 5.97 Å². The minimum atomic E-state index is -0.702. The van der Waals surface area contributed by atoms with Crippen LogP contribution in [0.4, 0.5) is 5.69 Å². The summed E-state index contributed by atoms with van der Waals surface area (Å²) < 4.78 is 10.0. The van der Waals surface area contributed by atoms with E-state index >= 15 is 0 Å². The van der Waals surface area contributed by atoms with Crippen LogP contribution in [0.2, 0.25) is 0 Å². The number of esters is 1. The summed E-state index contributed by atoms with van der Waals surface area (Å²) in [4.78, 5) is 23.5. The Morgan fingerprint density at radius 1 is 1.04 bits per heavy atom. The number of amides is 1. The number of aryl methyl sites for hydroxylation is 1. The van der Waals surface area contributed by atoms with Crippen molar-refractivity contribution in [3.63, 3.8) is 0 Å². The van der Waals surface area contributed by atoms with E-state index in [1.165, 1.54) is 7.11 Å². The number of carbonyl (C=O) groups is 2. The summed E-state index contributed by atoms with van der Waals surface area (Å²) in [5, 5.41) is 2.86. The summed E-state index contributed by atoms with van der Waals surface area (Å²) in [5.74, 6) is -0.159. The molecule has 0 radical (unpaired) electrons. The Balaban J connectivity index is 2.03. The number of carbonyl (C=O) groups excluding carboxylic acids is 2. The molecule has 0 aliphatic heterocycles. The largest absolute Gasteiger partial charge is 0.479 e. The SMILES string of the molecule is COC(=O)C(C)Oc1ccc(C(=O)Nc2ccccc2C)cc1. The van der Waals surface area contributed by atoms with E-state index in [9.17, 15) is 9.59 Å². The molecule has 0 bridgehead atoms. The van der Waals surface area contributed by atoms with Crippen molar-refractivity contribution in [2.75, 3.05) is 12.4 Å². The molecular formula is C18H19NO4. The molecule has 0 spiro atoms. The van der Waals surface area contributed by atoms with Crippen LogP contribution in [0.5, 0.6) is 5.75 Å². The maximum absolute atomic E-state index is 12.2. The van der Waals surface area contributed by atoms with E-state index in [1.54, 1.807) is 31.2 Å². The average molecular weight is 313 g/mol. The fourth-order valence-corrected chi connectivity index (χ4v) is 2.01. The summed E-state index contributed by atoms with van der Waals surface area (Å²) in [6.07, 6.45) is -0.702. The minimum Gasteiger partial charge on any atom is -0.479 e. The highest BCUT2D eigenvalue weighted by Gasteiger charge is 2.15. The molecule has 0 aliphatic rings. The molecule has 0 saturated heterocycles. The van der Waals surface area contributed by atoms with E-state index in [0.717, 1.165) is 11.3 Å². The quantitative estimate of drug-likeness (QED) is 0.861. The monoisotopic (exact) mass is 313 g/mol. The van der Waals surface area contributed by atoms with Crippen LogP contribution in [-0.2, 0) is 9.53 Å². The number of hydrogen-bond donors (Lipinski definition) is 1. The number of benzene rings is 2. The third kappa shape index (κ3) is 4.32. The van der Waals surface area contributed by atoms with E-state index < -0.39 is 12.1 Å². The Morgan fingerprint density at radius 2 is 1.70 bits per heavy atom. The van der Waals surface area contributed by atoms with E-state index in [4.69, 9.17) is 4.74 Å². The van der Waals surface area contributed by atoms with Gasteiger partial charge in [-0.2, -0.15) is 0 Å². The molecular weight excluding hydrogens is 294 g/mol. The molecule has 1 unspecified atom stereocenters. The lowest BCUT2D eigenvalue weighted by Gasteiger charge is -2.13. The summed E-state index contributed by atoms with van der Waals surface area (Å²) in [5.41, 5.74) is 2.27. The first-order valence-electron chi connectivity index (χ1n) is 7.23. The van der Waals surface area contributed by atoms with E-state index in [-0.39, 0.29) is 5.91 Å². The molecule has 0 aromatic heterocycles. The summed E-state index contributed by atoms with van der Waals surface area (Å²) >= 11 is 0. The van der Waals surface area contributed by atoms with Crippen LogP contribution in [0.15, 0.2) is 48.5 Å². The van der Waals surface area contributed by atoms with E-state index in [1.807, 2.05) is 31.2 Å². The topological polar surface area (TPSA) is 64.6 Å². The van der Waals surface area contributed by atoms with Crippen molar-refractivity contribution < 1.29 is 19.1 Å². The zero-order valence-corrected chi connectivity index (χ0v) is 13.3. The van der Waals surface area contributed by atoms with Crippen molar-refractivity contribution in [1.29, 1.82) is 0 Å². The molecule has 5 heteroatoms. The van der Waals surface area contributed by atoms with Gasteiger partial charge in [0.2, 0.25) is 0 Å². The molecule has 0 heterocycles. The molecule has 1 N–H and O–H groups in total. The van der Waals surface area contributed by atoms with Gasteiger partial charge in [-0.05, 0) is 49.7 Å². The number of ether oxygens (including phenoxy) is 2. The Bertz CT molecular complexity index is 694. The van der Waals surface area contributed by atoms with E-state index in [0.29, 0.717) is 11.3 Å². The van der Waals surface area contributed by atoms with Gasteiger partial charge in [0.1, 0.15) is 5.75 Å². The van der Waals surface area contributed by atoms with Gasteiger partial charge in [-0.25, -0.2) is 4.79 Å². The smallest absolute Gasteiger partial charge is 0.346 e. The van der Waals surface area contributed by atoms with Crippen LogP contribution in [0.25, 0.3) is 0 Å². The Morgan fingerprint density at radius 3 is 2.30 bits per heavy atom. The fraction of sp³-hybridized carbons (Fsp3) is 0.222. The van der Waals surface area contributed by atoms with Gasteiger partial charge < -0.3 is 14.8 Å². The number of anilines is 1. The second-order valence-corrected chi connectivity index (χ2v) is 5.08. The predicted molar refractivity (Wildman–Crippen MR) is 87.7 cm³/mol. The lowest BCUT2D eigenvalue weighted by molar-refractivity contribution is -0.147. The molecule has 0 fully saturated rings. The number of para-hydroxylation sites is 1. The molecule has 5 nitrogen and oxygen atoms in total. The standard InChI is InChI=1S/C18H19NO4/c1-12-6-4-5-7-16(12)19-17(20)14-8-10-15(11-9-14)23-13(2)18(21)22-3/h4-11,13H,1-3H3,(H,19,20). The van der Waals surface area contributed by atoms with Crippen LogP contribution >= 0.6 is 0 Å². The van der Waals surface area contributed by atoms with Crippen molar-refractivity contribution in [1.82, 2.24) is 0 Å². The molecule has 2 rings (SSSR count). The zero-order valence-electron chi connectivity index (χ0n) is 13.3. The summed E-state index contributed by atoms with van der Waals surface area (Å²) in [6.45, 7) is 3.53. The molecule has 2 aromatic carbocycles. The van der Waals surface area contributed by atoms with Crippen LogP contribution in [0.1, 0.15) is 22.8 Å². The third-order valence-electron chi connectivity index (χ3n) is 3.36. The van der Waals surface area contributed by atoms with Gasteiger partial charge in [0.05, 0.1) is 7.11 Å². The number of methoxy groups -OCH3 is 1. The Kier molecular flexibility index (Phi) is 5.36. The number of nitrogens with one attached hydrogen (secondary N) is 1. The highest BCUT2D eigenvalue weighted by molar-refractivity contribution is 6.04. The molecule has 2 aromatic rings. The maximum Gasteiger partial charge on any atom is 0.346 e. The third-order valence-corrected chi connectivity index (χ3v) is 3.36. The molecule has 1 amide bonds. The molecule has 0 aliphatic carbocycles. The Labute approximate surface area is 135 Å². The lowest BCUT2D eigenvalue weighted by atomic mass is 10.1. The summed E-state index contributed by atoms with van der Waals surface area (Å²) in [6, 6.07) is 14.1. The van der Waals surface area contributed by atoms with Gasteiger partial charge in [0.15, 0.2) is 6.10 Å². The van der Waals surface area contributed by atoms with Crippen LogP contribution in [0, 0.1) is 6.92 Å². The van der Waals surface area contributed by atoms with Crippen LogP contribution < -0.4 is 10.1 Å². The van der Waals surface area contributed by atoms with Gasteiger partial charge in [-0.1, -0.05) is 18.2 Å². The van der Waals surface area contributed by atoms with Crippen LogP contribution in [0.3, 0.4) is 0 Å². The van der Waals surface area contributed by atoms with Gasteiger partial charge in [0.25, 0.3) is 5.91 Å². The van der Waals surface area contributed by atoms with Crippen molar-refractivity contribution in [2.45, 2.75) is 20.0 Å². The molecule has 1 atom stereocenters.